The van der Waals surface area contributed by atoms with Gasteiger partial charge in [-0.3, -0.25) is 0 Å². The number of benzene rings is 1. The Morgan fingerprint density at radius 3 is 1.71 bits per heavy atom. The first-order valence-corrected chi connectivity index (χ1v) is 5.02. The third-order valence-electron chi connectivity index (χ3n) is 2.21. The Kier molecular flexibility index (Phi) is 3.71. The van der Waals surface area contributed by atoms with Crippen LogP contribution in [-0.4, -0.2) is 0 Å². The van der Waals surface area contributed by atoms with Crippen LogP contribution in [0.4, 0.5) is 26.3 Å². The van der Waals surface area contributed by atoms with Gasteiger partial charge in [-0.25, -0.2) is 0 Å². The Labute approximate surface area is 99.0 Å². The van der Waals surface area contributed by atoms with Gasteiger partial charge < -0.3 is 0 Å². The highest BCUT2D eigenvalue weighted by molar-refractivity contribution is 7.80. The molecular formula is C10H8F6S. The van der Waals surface area contributed by atoms with Crippen LogP contribution in [0.2, 0.25) is 0 Å². The van der Waals surface area contributed by atoms with Gasteiger partial charge in [-0.1, -0.05) is 6.92 Å². The van der Waals surface area contributed by atoms with Crippen molar-refractivity contribution in [3.8, 4) is 0 Å². The van der Waals surface area contributed by atoms with Crippen LogP contribution in [0, 0.1) is 0 Å². The average molecular weight is 274 g/mol. The summed E-state index contributed by atoms with van der Waals surface area (Å²) in [6.07, 6.45) is -9.90. The van der Waals surface area contributed by atoms with E-state index in [4.69, 9.17) is 0 Å². The lowest BCUT2D eigenvalue weighted by Gasteiger charge is -2.17. The van der Waals surface area contributed by atoms with Crippen LogP contribution in [0.5, 0.6) is 0 Å². The molecule has 0 radical (unpaired) electrons. The van der Waals surface area contributed by atoms with E-state index in [-0.39, 0.29) is 16.9 Å². The fraction of sp³-hybridized carbons (Fsp3) is 0.400. The predicted octanol–water partition coefficient (Wildman–Crippen LogP) is 4.58. The van der Waals surface area contributed by atoms with Crippen LogP contribution in [0.15, 0.2) is 17.0 Å². The van der Waals surface area contributed by atoms with Crippen molar-refractivity contribution in [2.24, 2.45) is 0 Å². The molecule has 0 saturated heterocycles. The van der Waals surface area contributed by atoms with Crippen molar-refractivity contribution in [3.05, 3.63) is 28.8 Å². The van der Waals surface area contributed by atoms with E-state index in [1.165, 1.54) is 0 Å². The van der Waals surface area contributed by atoms with Gasteiger partial charge in [0.1, 0.15) is 0 Å². The van der Waals surface area contributed by atoms with E-state index in [9.17, 15) is 26.3 Å². The lowest BCUT2D eigenvalue weighted by atomic mass is 10.0. The van der Waals surface area contributed by atoms with E-state index >= 15 is 0 Å². The maximum absolute atomic E-state index is 12.5. The summed E-state index contributed by atoms with van der Waals surface area (Å²) in [6.45, 7) is 1.54. The molecule has 96 valence electrons. The summed E-state index contributed by atoms with van der Waals surface area (Å²) < 4.78 is 74.9. The van der Waals surface area contributed by atoms with E-state index in [1.54, 1.807) is 6.92 Å². The fourth-order valence-corrected chi connectivity index (χ4v) is 1.74. The van der Waals surface area contributed by atoms with Crippen molar-refractivity contribution in [3.63, 3.8) is 0 Å². The molecule has 0 aliphatic carbocycles. The number of rotatable bonds is 1. The molecule has 1 rings (SSSR count). The summed E-state index contributed by atoms with van der Waals surface area (Å²) in [7, 11) is 0. The van der Waals surface area contributed by atoms with Gasteiger partial charge in [-0.2, -0.15) is 26.3 Å². The second-order valence-corrected chi connectivity index (χ2v) is 3.86. The maximum atomic E-state index is 12.5. The Hall–Kier alpha value is -0.850. The second kappa shape index (κ2) is 4.44. The number of thiol groups is 1. The number of alkyl halides is 6. The predicted molar refractivity (Wildman–Crippen MR) is 53.1 cm³/mol. The molecule has 0 aliphatic rings. The normalized spacial score (nSPS) is 12.9. The summed E-state index contributed by atoms with van der Waals surface area (Å²) in [6, 6.07) is 0.927. The van der Waals surface area contributed by atoms with E-state index in [2.05, 4.69) is 12.6 Å². The van der Waals surface area contributed by atoms with E-state index in [0.29, 0.717) is 12.1 Å². The van der Waals surface area contributed by atoms with Crippen LogP contribution in [0.25, 0.3) is 0 Å². The van der Waals surface area contributed by atoms with Crippen molar-refractivity contribution in [1.29, 1.82) is 0 Å². The number of halogens is 6. The molecule has 0 saturated carbocycles. The maximum Gasteiger partial charge on any atom is 0.417 e. The van der Waals surface area contributed by atoms with Gasteiger partial charge in [-0.05, 0) is 24.1 Å². The first kappa shape index (κ1) is 14.2. The molecule has 0 heterocycles. The summed E-state index contributed by atoms with van der Waals surface area (Å²) >= 11 is 3.76. The lowest BCUT2D eigenvalue weighted by Crippen LogP contribution is -2.17. The summed E-state index contributed by atoms with van der Waals surface area (Å²) in [5.74, 6) is 0. The smallest absolute Gasteiger partial charge is 0.166 e. The van der Waals surface area contributed by atoms with Gasteiger partial charge in [-0.15, -0.1) is 12.6 Å². The standard InChI is InChI=1S/C10H8F6S/c1-2-5-3-6(9(11,12)13)7(4-8(5)17)10(14,15)16/h3-4,17H,2H2,1H3. The Morgan fingerprint density at radius 2 is 1.35 bits per heavy atom. The molecule has 0 unspecified atom stereocenters. The zero-order valence-corrected chi connectivity index (χ0v) is 9.47. The minimum absolute atomic E-state index is 0.0900. The van der Waals surface area contributed by atoms with Gasteiger partial charge >= 0.3 is 12.4 Å². The monoisotopic (exact) mass is 274 g/mol. The third-order valence-corrected chi connectivity index (χ3v) is 2.63. The molecule has 1 aromatic rings. The van der Waals surface area contributed by atoms with Gasteiger partial charge in [0.25, 0.3) is 0 Å². The lowest BCUT2D eigenvalue weighted by molar-refractivity contribution is -0.162. The first-order valence-electron chi connectivity index (χ1n) is 4.57. The minimum Gasteiger partial charge on any atom is -0.166 e. The summed E-state index contributed by atoms with van der Waals surface area (Å²) in [4.78, 5) is -0.0900. The van der Waals surface area contributed by atoms with Gasteiger partial charge in [0, 0.05) is 4.90 Å². The highest BCUT2D eigenvalue weighted by Gasteiger charge is 2.43. The molecule has 0 bridgehead atoms. The van der Waals surface area contributed by atoms with Crippen LogP contribution < -0.4 is 0 Å². The van der Waals surface area contributed by atoms with Crippen molar-refractivity contribution >= 4 is 12.6 Å². The largest absolute Gasteiger partial charge is 0.417 e. The first-order chi connectivity index (χ1) is 7.57. The summed E-state index contributed by atoms with van der Waals surface area (Å²) in [5.41, 5.74) is -3.24. The molecule has 0 nitrogen and oxygen atoms in total. The van der Waals surface area contributed by atoms with E-state index in [0.717, 1.165) is 0 Å². The highest BCUT2D eigenvalue weighted by atomic mass is 32.1. The van der Waals surface area contributed by atoms with Gasteiger partial charge in [0.2, 0.25) is 0 Å². The fourth-order valence-electron chi connectivity index (χ4n) is 1.39. The number of hydrogen-bond donors (Lipinski definition) is 1. The molecule has 0 N–H and O–H groups in total. The zero-order chi connectivity index (χ0) is 13.4. The molecule has 0 aliphatic heterocycles. The van der Waals surface area contributed by atoms with E-state index < -0.39 is 23.5 Å². The molecule has 1 aromatic carbocycles. The Morgan fingerprint density at radius 1 is 0.941 bits per heavy atom. The molecule has 0 spiro atoms. The quantitative estimate of drug-likeness (QED) is 0.562. The number of aryl methyl sites for hydroxylation is 1. The molecule has 0 aromatic heterocycles. The zero-order valence-electron chi connectivity index (χ0n) is 8.58. The van der Waals surface area contributed by atoms with Crippen LogP contribution >= 0.6 is 12.6 Å². The topological polar surface area (TPSA) is 0 Å². The number of hydrogen-bond acceptors (Lipinski definition) is 1. The minimum atomic E-state index is -5.05. The van der Waals surface area contributed by atoms with Gasteiger partial charge in [0.15, 0.2) is 0 Å². The van der Waals surface area contributed by atoms with Crippen molar-refractivity contribution < 1.29 is 26.3 Å². The molecule has 0 atom stereocenters. The molecule has 17 heavy (non-hydrogen) atoms. The average Bonchev–Trinajstić information content (AvgIpc) is 2.14. The Balaban J connectivity index is 3.54. The van der Waals surface area contributed by atoms with Crippen molar-refractivity contribution in [2.75, 3.05) is 0 Å². The van der Waals surface area contributed by atoms with E-state index in [1.807, 2.05) is 0 Å². The van der Waals surface area contributed by atoms with Crippen LogP contribution in [-0.2, 0) is 18.8 Å². The summed E-state index contributed by atoms with van der Waals surface area (Å²) in [5, 5.41) is 0. The molecule has 0 amide bonds. The third kappa shape index (κ3) is 3.08. The second-order valence-electron chi connectivity index (χ2n) is 3.38. The van der Waals surface area contributed by atoms with Crippen LogP contribution in [0.3, 0.4) is 0 Å². The van der Waals surface area contributed by atoms with Crippen LogP contribution in [0.1, 0.15) is 23.6 Å². The Bertz CT molecular complexity index is 418. The van der Waals surface area contributed by atoms with Gasteiger partial charge in [0.05, 0.1) is 11.1 Å². The molecule has 7 heteroatoms. The highest BCUT2D eigenvalue weighted by Crippen LogP contribution is 2.42. The molecule has 0 fully saturated rings. The SMILES string of the molecule is CCc1cc(C(F)(F)F)c(C(F)(F)F)cc1S. The van der Waals surface area contributed by atoms with Crippen molar-refractivity contribution in [2.45, 2.75) is 30.6 Å². The van der Waals surface area contributed by atoms with Crippen molar-refractivity contribution in [1.82, 2.24) is 0 Å². The molecular weight excluding hydrogens is 266 g/mol.